The molecule has 0 spiro atoms. The second kappa shape index (κ2) is 7.94. The Morgan fingerprint density at radius 1 is 1.33 bits per heavy atom. The molecule has 0 heterocycles. The van der Waals surface area contributed by atoms with Crippen LogP contribution in [-0.2, 0) is 0 Å². The Morgan fingerprint density at radius 2 is 1.87 bits per heavy atom. The predicted octanol–water partition coefficient (Wildman–Crippen LogP) is 2.40. The monoisotopic (exact) mass is 227 g/mol. The van der Waals surface area contributed by atoms with Crippen molar-refractivity contribution in [2.24, 2.45) is 0 Å². The zero-order valence-electron chi connectivity index (χ0n) is 8.69. The average Bonchev–Trinajstić information content (AvgIpc) is 2.32. The first-order valence-electron chi connectivity index (χ1n) is 4.50. The van der Waals surface area contributed by atoms with Gasteiger partial charge in [0, 0.05) is 5.56 Å². The second-order valence-electron chi connectivity index (χ2n) is 2.22. The van der Waals surface area contributed by atoms with Gasteiger partial charge in [-0.05, 0) is 33.7 Å². The van der Waals surface area contributed by atoms with Crippen molar-refractivity contribution in [1.29, 1.82) is 0 Å². The van der Waals surface area contributed by atoms with E-state index in [-0.39, 0.29) is 0 Å². The topological polar surface area (TPSA) is 55.4 Å². The molecular formula is C10H14NO3P. The summed E-state index contributed by atoms with van der Waals surface area (Å²) in [6.07, 6.45) is 0.156. The van der Waals surface area contributed by atoms with Crippen LogP contribution in [0.2, 0.25) is 0 Å². The fraction of sp³-hybridized carbons (Fsp3) is 0.200. The van der Waals surface area contributed by atoms with Crippen LogP contribution in [0, 0.1) is 0 Å². The fourth-order valence-electron chi connectivity index (χ4n) is 0.751. The Morgan fingerprint density at radius 3 is 2.27 bits per heavy atom. The third kappa shape index (κ3) is 5.13. The van der Waals surface area contributed by atoms with Gasteiger partial charge in [0.25, 0.3) is 0 Å². The van der Waals surface area contributed by atoms with Crippen LogP contribution in [0.25, 0.3) is 0 Å². The molecule has 0 aliphatic rings. The van der Waals surface area contributed by atoms with Crippen LogP contribution in [0.1, 0.15) is 24.2 Å². The maximum absolute atomic E-state index is 10.7. The minimum atomic E-state index is -0.566. The molecule has 1 unspecified atom stereocenters. The molecular weight excluding hydrogens is 213 g/mol. The van der Waals surface area contributed by atoms with E-state index < -0.39 is 6.09 Å². The number of benzene rings is 1. The van der Waals surface area contributed by atoms with E-state index in [1.54, 1.807) is 24.3 Å². The first kappa shape index (κ1) is 13.6. The lowest BCUT2D eigenvalue weighted by molar-refractivity contribution is 0.112. The van der Waals surface area contributed by atoms with Gasteiger partial charge in [0.1, 0.15) is 12.0 Å². The van der Waals surface area contributed by atoms with Crippen molar-refractivity contribution >= 4 is 21.8 Å². The summed E-state index contributed by atoms with van der Waals surface area (Å²) in [6, 6.07) is 6.23. The lowest BCUT2D eigenvalue weighted by atomic mass is 10.2. The second-order valence-corrected chi connectivity index (χ2v) is 2.51. The van der Waals surface area contributed by atoms with Crippen LogP contribution < -0.4 is 9.82 Å². The molecule has 5 heteroatoms. The van der Waals surface area contributed by atoms with Gasteiger partial charge in [-0.1, -0.05) is 13.8 Å². The Hall–Kier alpha value is -1.41. The largest absolute Gasteiger partial charge is 0.415 e. The summed E-state index contributed by atoms with van der Waals surface area (Å²) < 4.78 is 4.78. The van der Waals surface area contributed by atoms with Crippen LogP contribution in [0.5, 0.6) is 5.75 Å². The highest BCUT2D eigenvalue weighted by Crippen LogP contribution is 2.10. The molecule has 0 aliphatic carbocycles. The molecule has 1 atom stereocenters. The third-order valence-corrected chi connectivity index (χ3v) is 1.58. The normalized spacial score (nSPS) is 8.20. The molecule has 4 nitrogen and oxygen atoms in total. The molecule has 1 aromatic rings. The van der Waals surface area contributed by atoms with Gasteiger partial charge >= 0.3 is 6.09 Å². The molecule has 1 aromatic carbocycles. The van der Waals surface area contributed by atoms with E-state index in [1.165, 1.54) is 0 Å². The zero-order valence-corrected chi connectivity index (χ0v) is 9.84. The predicted molar refractivity (Wildman–Crippen MR) is 62.0 cm³/mol. The van der Waals surface area contributed by atoms with Gasteiger partial charge < -0.3 is 9.82 Å². The van der Waals surface area contributed by atoms with Crippen molar-refractivity contribution in [1.82, 2.24) is 5.09 Å². The van der Waals surface area contributed by atoms with E-state index in [2.05, 4.69) is 5.09 Å². The standard InChI is InChI=1S/C8H8NO3P.C2H6/c10-5-6-1-3-7(4-2-6)12-8(11)9-13;1-2/h1-5H,13H2,(H,9,11);1-2H3. The van der Waals surface area contributed by atoms with Gasteiger partial charge in [0.2, 0.25) is 0 Å². The van der Waals surface area contributed by atoms with Crippen molar-refractivity contribution < 1.29 is 14.3 Å². The molecule has 0 fully saturated rings. The summed E-state index contributed by atoms with van der Waals surface area (Å²) in [5.74, 6) is 0.394. The molecule has 1 rings (SSSR count). The number of carbonyl (C=O) groups is 2. The summed E-state index contributed by atoms with van der Waals surface area (Å²) in [4.78, 5) is 21.0. The van der Waals surface area contributed by atoms with Crippen LogP contribution in [0.3, 0.4) is 0 Å². The molecule has 0 bridgehead atoms. The Labute approximate surface area is 91.3 Å². The molecule has 0 aliphatic heterocycles. The highest BCUT2D eigenvalue weighted by molar-refractivity contribution is 7.15. The molecule has 1 N–H and O–H groups in total. The van der Waals surface area contributed by atoms with E-state index in [9.17, 15) is 9.59 Å². The highest BCUT2D eigenvalue weighted by atomic mass is 31.0. The lowest BCUT2D eigenvalue weighted by Crippen LogP contribution is -2.16. The van der Waals surface area contributed by atoms with Crippen molar-refractivity contribution in [3.8, 4) is 5.75 Å². The van der Waals surface area contributed by atoms with Crippen LogP contribution >= 0.6 is 9.39 Å². The smallest absolute Gasteiger partial charge is 0.410 e. The first-order valence-corrected chi connectivity index (χ1v) is 5.07. The summed E-state index contributed by atoms with van der Waals surface area (Å²) in [7, 11) is 2.03. The van der Waals surface area contributed by atoms with Crippen molar-refractivity contribution in [2.75, 3.05) is 0 Å². The number of rotatable bonds is 2. The quantitative estimate of drug-likeness (QED) is 0.623. The molecule has 0 saturated heterocycles. The first-order chi connectivity index (χ1) is 7.26. The third-order valence-electron chi connectivity index (χ3n) is 1.34. The number of nitrogens with one attached hydrogen (secondary N) is 1. The minimum absolute atomic E-state index is 0.394. The van der Waals surface area contributed by atoms with E-state index in [0.29, 0.717) is 11.3 Å². The van der Waals surface area contributed by atoms with Gasteiger partial charge in [-0.2, -0.15) is 0 Å². The summed E-state index contributed by atoms with van der Waals surface area (Å²) >= 11 is 0. The van der Waals surface area contributed by atoms with Crippen LogP contribution in [0.15, 0.2) is 24.3 Å². The van der Waals surface area contributed by atoms with E-state index in [0.717, 1.165) is 6.29 Å². The molecule has 1 amide bonds. The van der Waals surface area contributed by atoms with Crippen LogP contribution in [-0.4, -0.2) is 12.4 Å². The maximum Gasteiger partial charge on any atom is 0.415 e. The van der Waals surface area contributed by atoms with E-state index >= 15 is 0 Å². The van der Waals surface area contributed by atoms with Gasteiger partial charge in [-0.15, -0.1) is 0 Å². The molecule has 15 heavy (non-hydrogen) atoms. The average molecular weight is 227 g/mol. The molecule has 0 aromatic heterocycles. The number of hydrogen-bond donors (Lipinski definition) is 1. The number of ether oxygens (including phenoxy) is 1. The van der Waals surface area contributed by atoms with Crippen molar-refractivity contribution in [3.05, 3.63) is 29.8 Å². The molecule has 0 saturated carbocycles. The highest BCUT2D eigenvalue weighted by Gasteiger charge is 1.99. The van der Waals surface area contributed by atoms with Gasteiger partial charge in [0.05, 0.1) is 0 Å². The summed E-state index contributed by atoms with van der Waals surface area (Å²) in [5.41, 5.74) is 0.540. The lowest BCUT2D eigenvalue weighted by Gasteiger charge is -2.01. The minimum Gasteiger partial charge on any atom is -0.410 e. The Bertz CT molecular complexity index is 311. The number of carbonyl (C=O) groups excluding carboxylic acids is 2. The van der Waals surface area contributed by atoms with Crippen molar-refractivity contribution in [3.63, 3.8) is 0 Å². The number of hydrogen-bond acceptors (Lipinski definition) is 3. The Balaban J connectivity index is 0.000000921. The van der Waals surface area contributed by atoms with E-state index in [1.807, 2.05) is 23.2 Å². The molecule has 82 valence electrons. The van der Waals surface area contributed by atoms with Gasteiger partial charge in [0.15, 0.2) is 0 Å². The fourth-order valence-corrected chi connectivity index (χ4v) is 0.810. The maximum atomic E-state index is 10.7. The SMILES string of the molecule is CC.O=Cc1ccc(OC(=O)NP)cc1. The van der Waals surface area contributed by atoms with Gasteiger partial charge in [-0.3, -0.25) is 4.79 Å². The summed E-state index contributed by atoms with van der Waals surface area (Å²) in [6.45, 7) is 4.00. The number of amides is 1. The summed E-state index contributed by atoms with van der Waals surface area (Å²) in [5, 5.41) is 2.23. The Kier molecular flexibility index (Phi) is 7.20. The van der Waals surface area contributed by atoms with Gasteiger partial charge in [-0.25, -0.2) is 4.79 Å². The number of aldehydes is 1. The van der Waals surface area contributed by atoms with Crippen LogP contribution in [0.4, 0.5) is 4.79 Å². The molecule has 0 radical (unpaired) electrons. The van der Waals surface area contributed by atoms with Crippen molar-refractivity contribution in [2.45, 2.75) is 13.8 Å². The van der Waals surface area contributed by atoms with E-state index in [4.69, 9.17) is 4.74 Å². The zero-order chi connectivity index (χ0) is 11.7.